The highest BCUT2D eigenvalue weighted by Gasteiger charge is 1.98. The Balaban J connectivity index is 2.25. The highest BCUT2D eigenvalue weighted by molar-refractivity contribution is 7.99. The SMILES string of the molecule is CC(C)CSCCOc1ccc(C(=N)N)cc1. The van der Waals surface area contributed by atoms with E-state index in [1.165, 1.54) is 5.75 Å². The first-order valence-electron chi connectivity index (χ1n) is 5.74. The van der Waals surface area contributed by atoms with Gasteiger partial charge in [0.1, 0.15) is 11.6 Å². The number of nitrogens with one attached hydrogen (secondary N) is 1. The van der Waals surface area contributed by atoms with Crippen LogP contribution in [0.1, 0.15) is 19.4 Å². The van der Waals surface area contributed by atoms with Crippen molar-refractivity contribution < 1.29 is 4.74 Å². The van der Waals surface area contributed by atoms with Crippen molar-refractivity contribution in [3.05, 3.63) is 29.8 Å². The fourth-order valence-electron chi connectivity index (χ4n) is 1.27. The van der Waals surface area contributed by atoms with Gasteiger partial charge in [-0.1, -0.05) is 13.8 Å². The third-order valence-electron chi connectivity index (χ3n) is 2.11. The van der Waals surface area contributed by atoms with Crippen molar-refractivity contribution in [1.82, 2.24) is 0 Å². The van der Waals surface area contributed by atoms with Crippen LogP contribution in [0.5, 0.6) is 5.75 Å². The average molecular weight is 252 g/mol. The maximum atomic E-state index is 7.27. The fraction of sp³-hybridized carbons (Fsp3) is 0.462. The molecule has 0 spiro atoms. The minimum atomic E-state index is 0.0871. The van der Waals surface area contributed by atoms with Gasteiger partial charge in [-0.15, -0.1) is 0 Å². The molecule has 0 heterocycles. The van der Waals surface area contributed by atoms with Gasteiger partial charge in [-0.05, 0) is 35.9 Å². The monoisotopic (exact) mass is 252 g/mol. The van der Waals surface area contributed by atoms with Crippen LogP contribution in [0.15, 0.2) is 24.3 Å². The van der Waals surface area contributed by atoms with E-state index in [4.69, 9.17) is 15.9 Å². The molecular weight excluding hydrogens is 232 g/mol. The molecule has 0 aromatic heterocycles. The minimum Gasteiger partial charge on any atom is -0.493 e. The van der Waals surface area contributed by atoms with Gasteiger partial charge in [-0.2, -0.15) is 11.8 Å². The lowest BCUT2D eigenvalue weighted by molar-refractivity contribution is 0.344. The molecule has 0 unspecified atom stereocenters. The van der Waals surface area contributed by atoms with Gasteiger partial charge >= 0.3 is 0 Å². The second-order valence-corrected chi connectivity index (χ2v) is 5.41. The summed E-state index contributed by atoms with van der Waals surface area (Å²) in [4.78, 5) is 0. The number of nitrogens with two attached hydrogens (primary N) is 1. The lowest BCUT2D eigenvalue weighted by Gasteiger charge is -2.07. The molecule has 0 aliphatic carbocycles. The van der Waals surface area contributed by atoms with Crippen LogP contribution in [0, 0.1) is 11.3 Å². The fourth-order valence-corrected chi connectivity index (χ4v) is 2.11. The highest BCUT2D eigenvalue weighted by atomic mass is 32.2. The van der Waals surface area contributed by atoms with E-state index in [2.05, 4.69) is 13.8 Å². The van der Waals surface area contributed by atoms with Gasteiger partial charge in [0.05, 0.1) is 6.61 Å². The van der Waals surface area contributed by atoms with Crippen LogP contribution in [0.25, 0.3) is 0 Å². The third kappa shape index (κ3) is 5.63. The number of ether oxygens (including phenoxy) is 1. The van der Waals surface area contributed by atoms with E-state index in [1.807, 2.05) is 23.9 Å². The van der Waals surface area contributed by atoms with Crippen molar-refractivity contribution in [2.24, 2.45) is 11.7 Å². The zero-order valence-electron chi connectivity index (χ0n) is 10.4. The summed E-state index contributed by atoms with van der Waals surface area (Å²) in [6, 6.07) is 7.31. The van der Waals surface area contributed by atoms with E-state index in [0.29, 0.717) is 0 Å². The number of rotatable bonds is 7. The quantitative estimate of drug-likeness (QED) is 0.445. The molecule has 0 bridgehead atoms. The van der Waals surface area contributed by atoms with Gasteiger partial charge in [-0.25, -0.2) is 0 Å². The lowest BCUT2D eigenvalue weighted by atomic mass is 10.2. The van der Waals surface area contributed by atoms with E-state index in [1.54, 1.807) is 12.1 Å². The molecule has 0 saturated carbocycles. The summed E-state index contributed by atoms with van der Waals surface area (Å²) in [6.07, 6.45) is 0. The normalized spacial score (nSPS) is 10.5. The van der Waals surface area contributed by atoms with Crippen LogP contribution >= 0.6 is 11.8 Å². The molecule has 94 valence electrons. The summed E-state index contributed by atoms with van der Waals surface area (Å²) in [5, 5.41) is 7.27. The molecule has 1 rings (SSSR count). The molecule has 0 fully saturated rings. The number of thioether (sulfide) groups is 1. The third-order valence-corrected chi connectivity index (χ3v) is 3.47. The first-order chi connectivity index (χ1) is 8.09. The maximum Gasteiger partial charge on any atom is 0.122 e. The first kappa shape index (κ1) is 13.9. The number of benzene rings is 1. The Morgan fingerprint density at radius 1 is 1.35 bits per heavy atom. The number of hydrogen-bond acceptors (Lipinski definition) is 3. The van der Waals surface area contributed by atoms with Gasteiger partial charge in [0.2, 0.25) is 0 Å². The molecule has 0 amide bonds. The van der Waals surface area contributed by atoms with E-state index >= 15 is 0 Å². The molecule has 0 radical (unpaired) electrons. The van der Waals surface area contributed by atoms with Crippen LogP contribution < -0.4 is 10.5 Å². The highest BCUT2D eigenvalue weighted by Crippen LogP contribution is 2.13. The van der Waals surface area contributed by atoms with Crippen molar-refractivity contribution in [2.45, 2.75) is 13.8 Å². The van der Waals surface area contributed by atoms with Gasteiger partial charge in [-0.3, -0.25) is 5.41 Å². The van der Waals surface area contributed by atoms with Gasteiger partial charge < -0.3 is 10.5 Å². The molecule has 0 aliphatic rings. The van der Waals surface area contributed by atoms with Crippen molar-refractivity contribution >= 4 is 17.6 Å². The Morgan fingerprint density at radius 3 is 2.53 bits per heavy atom. The summed E-state index contributed by atoms with van der Waals surface area (Å²) in [7, 11) is 0. The second kappa shape index (κ2) is 7.22. The van der Waals surface area contributed by atoms with Gasteiger partial charge in [0.25, 0.3) is 0 Å². The zero-order chi connectivity index (χ0) is 12.7. The van der Waals surface area contributed by atoms with E-state index in [0.717, 1.165) is 29.6 Å². The second-order valence-electron chi connectivity index (χ2n) is 4.26. The summed E-state index contributed by atoms with van der Waals surface area (Å²) in [5.41, 5.74) is 6.10. The molecule has 4 heteroatoms. The Labute approximate surface area is 107 Å². The number of hydrogen-bond donors (Lipinski definition) is 2. The average Bonchev–Trinajstić information content (AvgIpc) is 2.29. The number of amidine groups is 1. The predicted octanol–water partition coefficient (Wildman–Crippen LogP) is 2.74. The molecule has 1 aromatic rings. The molecule has 3 nitrogen and oxygen atoms in total. The molecule has 0 aliphatic heterocycles. The van der Waals surface area contributed by atoms with Crippen LogP contribution in [0.4, 0.5) is 0 Å². The number of nitrogen functional groups attached to an aromatic ring is 1. The smallest absolute Gasteiger partial charge is 0.122 e. The lowest BCUT2D eigenvalue weighted by Crippen LogP contribution is -2.10. The first-order valence-corrected chi connectivity index (χ1v) is 6.90. The molecule has 1 aromatic carbocycles. The largest absolute Gasteiger partial charge is 0.493 e. The van der Waals surface area contributed by atoms with Crippen molar-refractivity contribution in [2.75, 3.05) is 18.1 Å². The Morgan fingerprint density at radius 2 is 2.00 bits per heavy atom. The van der Waals surface area contributed by atoms with Gasteiger partial charge in [0, 0.05) is 11.3 Å². The van der Waals surface area contributed by atoms with Crippen LogP contribution in [-0.4, -0.2) is 23.9 Å². The van der Waals surface area contributed by atoms with E-state index in [-0.39, 0.29) is 5.84 Å². The maximum absolute atomic E-state index is 7.27. The standard InChI is InChI=1S/C13H20N2OS/c1-10(2)9-17-8-7-16-12-5-3-11(4-6-12)13(14)15/h3-6,10H,7-9H2,1-2H3,(H3,14,15). The van der Waals surface area contributed by atoms with Crippen molar-refractivity contribution in [3.8, 4) is 5.75 Å². The Kier molecular flexibility index (Phi) is 5.91. The van der Waals surface area contributed by atoms with Crippen molar-refractivity contribution in [1.29, 1.82) is 5.41 Å². The molecular formula is C13H20N2OS. The van der Waals surface area contributed by atoms with E-state index in [9.17, 15) is 0 Å². The Hall–Kier alpha value is -1.16. The van der Waals surface area contributed by atoms with E-state index < -0.39 is 0 Å². The van der Waals surface area contributed by atoms with Crippen LogP contribution in [0.2, 0.25) is 0 Å². The van der Waals surface area contributed by atoms with Crippen LogP contribution in [0.3, 0.4) is 0 Å². The Bertz CT molecular complexity index is 349. The minimum absolute atomic E-state index is 0.0871. The van der Waals surface area contributed by atoms with Crippen LogP contribution in [-0.2, 0) is 0 Å². The van der Waals surface area contributed by atoms with Crippen molar-refractivity contribution in [3.63, 3.8) is 0 Å². The summed E-state index contributed by atoms with van der Waals surface area (Å²) in [6.45, 7) is 5.15. The zero-order valence-corrected chi connectivity index (χ0v) is 11.2. The predicted molar refractivity (Wildman–Crippen MR) is 75.1 cm³/mol. The molecule has 0 saturated heterocycles. The summed E-state index contributed by atoms with van der Waals surface area (Å²) >= 11 is 1.91. The van der Waals surface area contributed by atoms with Gasteiger partial charge in [0.15, 0.2) is 0 Å². The molecule has 0 atom stereocenters. The topological polar surface area (TPSA) is 59.1 Å². The summed E-state index contributed by atoms with van der Waals surface area (Å²) in [5.74, 6) is 3.83. The molecule has 17 heavy (non-hydrogen) atoms. The molecule has 3 N–H and O–H groups in total. The summed E-state index contributed by atoms with van der Waals surface area (Å²) < 4.78 is 5.59.